The summed E-state index contributed by atoms with van der Waals surface area (Å²) in [5, 5.41) is 6.95. The van der Waals surface area contributed by atoms with Crippen molar-refractivity contribution >= 4 is 11.6 Å². The van der Waals surface area contributed by atoms with Crippen LogP contribution in [0.3, 0.4) is 0 Å². The molecule has 0 bridgehead atoms. The van der Waals surface area contributed by atoms with Gasteiger partial charge in [-0.2, -0.15) is 4.98 Å². The van der Waals surface area contributed by atoms with Gasteiger partial charge in [0.25, 0.3) is 11.8 Å². The predicted octanol–water partition coefficient (Wildman–Crippen LogP) is 3.97. The third-order valence-corrected chi connectivity index (χ3v) is 4.02. The van der Waals surface area contributed by atoms with Crippen LogP contribution in [0.1, 0.15) is 21.7 Å². The van der Waals surface area contributed by atoms with E-state index in [0.29, 0.717) is 35.0 Å². The highest BCUT2D eigenvalue weighted by molar-refractivity contribution is 6.05. The van der Waals surface area contributed by atoms with Crippen molar-refractivity contribution in [2.75, 3.05) is 5.32 Å². The van der Waals surface area contributed by atoms with Gasteiger partial charge in [0.1, 0.15) is 0 Å². The van der Waals surface area contributed by atoms with E-state index in [1.807, 2.05) is 48.5 Å². The van der Waals surface area contributed by atoms with Crippen LogP contribution in [0.2, 0.25) is 0 Å². The first-order valence-corrected chi connectivity index (χ1v) is 8.47. The average Bonchev–Trinajstić information content (AvgIpc) is 3.18. The number of hydrogen-bond donors (Lipinski definition) is 1. The number of amides is 1. The van der Waals surface area contributed by atoms with E-state index in [0.717, 1.165) is 5.56 Å². The Kier molecular flexibility index (Phi) is 4.70. The highest BCUT2D eigenvalue weighted by atomic mass is 16.5. The van der Waals surface area contributed by atoms with E-state index >= 15 is 0 Å². The summed E-state index contributed by atoms with van der Waals surface area (Å²) < 4.78 is 5.43. The molecule has 0 spiro atoms. The zero-order valence-electron chi connectivity index (χ0n) is 14.4. The summed E-state index contributed by atoms with van der Waals surface area (Å²) in [4.78, 5) is 20.8. The Morgan fingerprint density at radius 1 is 0.926 bits per heavy atom. The number of hydrogen-bond acceptors (Lipinski definition) is 5. The van der Waals surface area contributed by atoms with Gasteiger partial charge in [0.15, 0.2) is 5.82 Å². The lowest BCUT2D eigenvalue weighted by molar-refractivity contribution is 0.102. The van der Waals surface area contributed by atoms with Crippen molar-refractivity contribution in [1.29, 1.82) is 0 Å². The molecule has 1 N–H and O–H groups in total. The largest absolute Gasteiger partial charge is 0.334 e. The fraction of sp³-hybridized carbons (Fsp3) is 0.0476. The van der Waals surface area contributed by atoms with E-state index in [4.69, 9.17) is 4.52 Å². The number of nitrogens with one attached hydrogen (secondary N) is 1. The molecule has 2 heterocycles. The molecule has 4 rings (SSSR count). The van der Waals surface area contributed by atoms with Crippen molar-refractivity contribution in [3.63, 3.8) is 0 Å². The number of pyridine rings is 1. The summed E-state index contributed by atoms with van der Waals surface area (Å²) in [6, 6.07) is 20.6. The average molecular weight is 356 g/mol. The number of nitrogens with zero attached hydrogens (tertiary/aromatic N) is 3. The Balaban J connectivity index is 1.57. The van der Waals surface area contributed by atoms with Crippen LogP contribution in [-0.4, -0.2) is 21.0 Å². The second-order valence-electron chi connectivity index (χ2n) is 5.91. The summed E-state index contributed by atoms with van der Waals surface area (Å²) in [6.07, 6.45) is 3.74. The molecule has 0 saturated heterocycles. The van der Waals surface area contributed by atoms with Crippen molar-refractivity contribution in [2.45, 2.75) is 6.42 Å². The van der Waals surface area contributed by atoms with E-state index in [1.54, 1.807) is 30.6 Å². The molecule has 0 radical (unpaired) electrons. The molecule has 0 atom stereocenters. The van der Waals surface area contributed by atoms with Gasteiger partial charge in [0.2, 0.25) is 0 Å². The minimum Gasteiger partial charge on any atom is -0.334 e. The van der Waals surface area contributed by atoms with Gasteiger partial charge < -0.3 is 9.84 Å². The lowest BCUT2D eigenvalue weighted by Crippen LogP contribution is -2.12. The third-order valence-electron chi connectivity index (χ3n) is 4.02. The fourth-order valence-corrected chi connectivity index (χ4v) is 2.69. The van der Waals surface area contributed by atoms with Crippen molar-refractivity contribution in [3.05, 3.63) is 96.1 Å². The van der Waals surface area contributed by atoms with E-state index in [9.17, 15) is 4.79 Å². The maximum Gasteiger partial charge on any atom is 0.260 e. The van der Waals surface area contributed by atoms with Crippen molar-refractivity contribution < 1.29 is 9.32 Å². The van der Waals surface area contributed by atoms with E-state index < -0.39 is 0 Å². The van der Waals surface area contributed by atoms with E-state index in [-0.39, 0.29) is 5.91 Å². The number of aromatic nitrogens is 3. The van der Waals surface area contributed by atoms with Crippen LogP contribution in [0.25, 0.3) is 11.5 Å². The third kappa shape index (κ3) is 3.90. The van der Waals surface area contributed by atoms with Crippen molar-refractivity contribution in [3.8, 4) is 11.5 Å². The molecule has 27 heavy (non-hydrogen) atoms. The Hall–Kier alpha value is -3.80. The maximum atomic E-state index is 12.4. The molecule has 0 aliphatic heterocycles. The quantitative estimate of drug-likeness (QED) is 0.585. The van der Waals surface area contributed by atoms with Crippen molar-refractivity contribution in [1.82, 2.24) is 15.1 Å². The van der Waals surface area contributed by atoms with Crippen LogP contribution in [0.15, 0.2) is 83.6 Å². The standard InChI is InChI=1S/C21H16N4O2/c26-20(16-10-12-22-13-11-16)23-18-9-5-4-8-17(18)21-24-19(25-27-21)14-15-6-2-1-3-7-15/h1-13H,14H2,(H,23,26). The molecule has 132 valence electrons. The van der Waals surface area contributed by atoms with Crippen LogP contribution < -0.4 is 5.32 Å². The van der Waals surface area contributed by atoms with Crippen LogP contribution in [0.4, 0.5) is 5.69 Å². The van der Waals surface area contributed by atoms with Crippen LogP contribution in [-0.2, 0) is 6.42 Å². The smallest absolute Gasteiger partial charge is 0.260 e. The van der Waals surface area contributed by atoms with Crippen LogP contribution in [0.5, 0.6) is 0 Å². The molecule has 0 saturated carbocycles. The molecule has 0 unspecified atom stereocenters. The molecule has 1 amide bonds. The van der Waals surface area contributed by atoms with Gasteiger partial charge in [0.05, 0.1) is 11.3 Å². The van der Waals surface area contributed by atoms with E-state index in [1.165, 1.54) is 0 Å². The molecule has 6 heteroatoms. The molecule has 0 aliphatic carbocycles. The topological polar surface area (TPSA) is 80.9 Å². The molecular weight excluding hydrogens is 340 g/mol. The van der Waals surface area contributed by atoms with Gasteiger partial charge in [-0.25, -0.2) is 0 Å². The zero-order chi connectivity index (χ0) is 18.5. The van der Waals surface area contributed by atoms with Crippen molar-refractivity contribution in [2.24, 2.45) is 0 Å². The van der Waals surface area contributed by atoms with Gasteiger partial charge in [0, 0.05) is 24.4 Å². The lowest BCUT2D eigenvalue weighted by Gasteiger charge is -2.08. The SMILES string of the molecule is O=C(Nc1ccccc1-c1nc(Cc2ccccc2)no1)c1ccncc1. The maximum absolute atomic E-state index is 12.4. The number of carbonyl (C=O) groups is 1. The van der Waals surface area contributed by atoms with Crippen LogP contribution in [0, 0.1) is 0 Å². The number of benzene rings is 2. The molecule has 2 aromatic carbocycles. The molecular formula is C21H16N4O2. The predicted molar refractivity (Wildman–Crippen MR) is 101 cm³/mol. The van der Waals surface area contributed by atoms with Gasteiger partial charge in [-0.15, -0.1) is 0 Å². The normalized spacial score (nSPS) is 10.5. The van der Waals surface area contributed by atoms with Crippen LogP contribution >= 0.6 is 0 Å². The van der Waals surface area contributed by atoms with Gasteiger partial charge in [-0.3, -0.25) is 9.78 Å². The van der Waals surface area contributed by atoms with Gasteiger partial charge >= 0.3 is 0 Å². The molecule has 0 fully saturated rings. The molecule has 4 aromatic rings. The molecule has 6 nitrogen and oxygen atoms in total. The monoisotopic (exact) mass is 356 g/mol. The first-order chi connectivity index (χ1) is 13.3. The second-order valence-corrected chi connectivity index (χ2v) is 5.91. The first-order valence-electron chi connectivity index (χ1n) is 8.47. The summed E-state index contributed by atoms with van der Waals surface area (Å²) in [5.41, 5.74) is 2.90. The minimum atomic E-state index is -0.228. The number of carbonyl (C=O) groups excluding carboxylic acids is 1. The summed E-state index contributed by atoms with van der Waals surface area (Å²) in [5.74, 6) is 0.729. The Bertz CT molecular complexity index is 1050. The summed E-state index contributed by atoms with van der Waals surface area (Å²) in [7, 11) is 0. The fourth-order valence-electron chi connectivity index (χ4n) is 2.69. The number of para-hydroxylation sites is 1. The van der Waals surface area contributed by atoms with Gasteiger partial charge in [-0.1, -0.05) is 47.6 Å². The first kappa shape index (κ1) is 16.7. The van der Waals surface area contributed by atoms with E-state index in [2.05, 4.69) is 20.4 Å². The number of anilines is 1. The van der Waals surface area contributed by atoms with Gasteiger partial charge in [-0.05, 0) is 29.8 Å². The zero-order valence-corrected chi connectivity index (χ0v) is 14.4. The summed E-state index contributed by atoms with van der Waals surface area (Å²) in [6.45, 7) is 0. The lowest BCUT2D eigenvalue weighted by atomic mass is 10.1. The summed E-state index contributed by atoms with van der Waals surface area (Å²) >= 11 is 0. The Labute approximate surface area is 155 Å². The number of rotatable bonds is 5. The Morgan fingerprint density at radius 2 is 1.67 bits per heavy atom. The highest BCUT2D eigenvalue weighted by Crippen LogP contribution is 2.27. The molecule has 2 aromatic heterocycles. The Morgan fingerprint density at radius 3 is 2.48 bits per heavy atom. The highest BCUT2D eigenvalue weighted by Gasteiger charge is 2.15. The second kappa shape index (κ2) is 7.61. The molecule has 0 aliphatic rings. The minimum absolute atomic E-state index is 0.228.